The van der Waals surface area contributed by atoms with Crippen molar-refractivity contribution in [2.45, 2.75) is 26.8 Å². The molecule has 8 heteroatoms. The molecule has 1 aromatic heterocycles. The molecular weight excluding hydrogens is 421 g/mol. The Morgan fingerprint density at radius 1 is 1.46 bits per heavy atom. The topological polar surface area (TPSA) is 71.8 Å². The summed E-state index contributed by atoms with van der Waals surface area (Å²) in [6, 6.07) is 1.92. The van der Waals surface area contributed by atoms with E-state index in [0.29, 0.717) is 6.54 Å². The van der Waals surface area contributed by atoms with Crippen molar-refractivity contribution in [1.82, 2.24) is 20.0 Å². The number of esters is 1. The molecule has 0 spiro atoms. The van der Waals surface area contributed by atoms with Crippen LogP contribution in [0, 0.1) is 11.8 Å². The van der Waals surface area contributed by atoms with Crippen LogP contribution in [0.5, 0.6) is 0 Å². The van der Waals surface area contributed by atoms with E-state index in [0.717, 1.165) is 38.6 Å². The summed E-state index contributed by atoms with van der Waals surface area (Å²) in [5, 5.41) is 7.50. The van der Waals surface area contributed by atoms with Gasteiger partial charge in [-0.2, -0.15) is 5.10 Å². The number of rotatable bonds is 6. The summed E-state index contributed by atoms with van der Waals surface area (Å²) >= 11 is 0. The predicted octanol–water partition coefficient (Wildman–Crippen LogP) is 1.60. The van der Waals surface area contributed by atoms with Crippen molar-refractivity contribution in [3.8, 4) is 0 Å². The fourth-order valence-corrected chi connectivity index (χ4v) is 2.87. The van der Waals surface area contributed by atoms with Gasteiger partial charge in [-0.05, 0) is 25.3 Å². The minimum absolute atomic E-state index is 0. The second kappa shape index (κ2) is 10.5. The van der Waals surface area contributed by atoms with E-state index in [9.17, 15) is 4.79 Å². The number of nitrogens with one attached hydrogen (secondary N) is 1. The highest BCUT2D eigenvalue weighted by molar-refractivity contribution is 14.0. The van der Waals surface area contributed by atoms with Crippen LogP contribution in [0.25, 0.3) is 0 Å². The van der Waals surface area contributed by atoms with Crippen molar-refractivity contribution in [2.24, 2.45) is 16.8 Å². The lowest BCUT2D eigenvalue weighted by Gasteiger charge is -2.21. The molecule has 7 nitrogen and oxygen atoms in total. The molecule has 2 heterocycles. The highest BCUT2D eigenvalue weighted by Gasteiger charge is 2.36. The molecule has 2 unspecified atom stereocenters. The van der Waals surface area contributed by atoms with E-state index in [1.54, 1.807) is 6.20 Å². The maximum atomic E-state index is 11.8. The van der Waals surface area contributed by atoms with Crippen LogP contribution in [0.4, 0.5) is 0 Å². The highest BCUT2D eigenvalue weighted by Crippen LogP contribution is 2.24. The molecular formula is C16H28IN5O2. The van der Waals surface area contributed by atoms with Crippen molar-refractivity contribution in [3.05, 3.63) is 18.5 Å². The van der Waals surface area contributed by atoms with E-state index in [-0.39, 0.29) is 41.8 Å². The van der Waals surface area contributed by atoms with Crippen LogP contribution in [0.15, 0.2) is 23.5 Å². The Morgan fingerprint density at radius 2 is 2.25 bits per heavy atom. The Balaban J connectivity index is 0.00000288. The zero-order chi connectivity index (χ0) is 16.7. The van der Waals surface area contributed by atoms with Gasteiger partial charge >= 0.3 is 5.97 Å². The van der Waals surface area contributed by atoms with Crippen LogP contribution in [0.1, 0.15) is 20.3 Å². The number of guanidine groups is 1. The zero-order valence-corrected chi connectivity index (χ0v) is 17.0. The SMILES string of the molecule is CCNC(=NCCCn1cccn1)N1CC(C)C(C(=O)OC)C1.I. The van der Waals surface area contributed by atoms with Crippen LogP contribution in [0.2, 0.25) is 0 Å². The maximum absolute atomic E-state index is 11.8. The van der Waals surface area contributed by atoms with Crippen molar-refractivity contribution >= 4 is 35.9 Å². The summed E-state index contributed by atoms with van der Waals surface area (Å²) < 4.78 is 6.81. The number of aromatic nitrogens is 2. The number of aliphatic imine (C=N–C) groups is 1. The van der Waals surface area contributed by atoms with E-state index >= 15 is 0 Å². The number of carbonyl (C=O) groups excluding carboxylic acids is 1. The smallest absolute Gasteiger partial charge is 0.310 e. The van der Waals surface area contributed by atoms with E-state index in [1.807, 2.05) is 16.9 Å². The molecule has 1 N–H and O–H groups in total. The highest BCUT2D eigenvalue weighted by atomic mass is 127. The number of aryl methyl sites for hydroxylation is 1. The summed E-state index contributed by atoms with van der Waals surface area (Å²) in [7, 11) is 1.45. The molecule has 0 saturated carbocycles. The van der Waals surface area contributed by atoms with E-state index in [4.69, 9.17) is 4.74 Å². The van der Waals surface area contributed by atoms with E-state index in [2.05, 4.69) is 34.2 Å². The van der Waals surface area contributed by atoms with Crippen molar-refractivity contribution in [3.63, 3.8) is 0 Å². The fourth-order valence-electron chi connectivity index (χ4n) is 2.87. The zero-order valence-electron chi connectivity index (χ0n) is 14.6. The molecule has 2 atom stereocenters. The number of likely N-dealkylation sites (tertiary alicyclic amines) is 1. The average molecular weight is 449 g/mol. The number of hydrogen-bond acceptors (Lipinski definition) is 4. The van der Waals surface area contributed by atoms with Crippen LogP contribution in [-0.4, -0.2) is 59.9 Å². The van der Waals surface area contributed by atoms with Crippen molar-refractivity contribution in [2.75, 3.05) is 33.3 Å². The summed E-state index contributed by atoms with van der Waals surface area (Å²) in [4.78, 5) is 18.7. The normalized spacial score (nSPS) is 20.6. The summed E-state index contributed by atoms with van der Waals surface area (Å²) in [6.45, 7) is 8.03. The molecule has 0 amide bonds. The van der Waals surface area contributed by atoms with Crippen molar-refractivity contribution < 1.29 is 9.53 Å². The first-order valence-electron chi connectivity index (χ1n) is 8.24. The predicted molar refractivity (Wildman–Crippen MR) is 104 cm³/mol. The van der Waals surface area contributed by atoms with Crippen LogP contribution < -0.4 is 5.32 Å². The number of ether oxygens (including phenoxy) is 1. The molecule has 1 aliphatic rings. The number of halogens is 1. The lowest BCUT2D eigenvalue weighted by atomic mass is 9.99. The van der Waals surface area contributed by atoms with Gasteiger partial charge in [0, 0.05) is 45.1 Å². The first kappa shape index (κ1) is 20.7. The Kier molecular flexibility index (Phi) is 9.09. The lowest BCUT2D eigenvalue weighted by molar-refractivity contribution is -0.145. The Hall–Kier alpha value is -1.32. The van der Waals surface area contributed by atoms with Gasteiger partial charge in [-0.15, -0.1) is 24.0 Å². The number of hydrogen-bond donors (Lipinski definition) is 1. The minimum Gasteiger partial charge on any atom is -0.469 e. The van der Waals surface area contributed by atoms with Crippen LogP contribution in [0.3, 0.4) is 0 Å². The Morgan fingerprint density at radius 3 is 2.88 bits per heavy atom. The van der Waals surface area contributed by atoms with Gasteiger partial charge in [-0.1, -0.05) is 6.92 Å². The molecule has 1 aromatic rings. The van der Waals surface area contributed by atoms with Crippen LogP contribution >= 0.6 is 24.0 Å². The first-order valence-corrected chi connectivity index (χ1v) is 8.24. The van der Waals surface area contributed by atoms with Gasteiger partial charge in [0.25, 0.3) is 0 Å². The van der Waals surface area contributed by atoms with Gasteiger partial charge in [-0.3, -0.25) is 14.5 Å². The molecule has 1 saturated heterocycles. The molecule has 2 rings (SSSR count). The molecule has 1 aliphatic heterocycles. The Labute approximate surface area is 160 Å². The summed E-state index contributed by atoms with van der Waals surface area (Å²) in [5.74, 6) is 0.948. The minimum atomic E-state index is -0.130. The van der Waals surface area contributed by atoms with Gasteiger partial charge in [0.15, 0.2) is 5.96 Å². The quantitative estimate of drug-likeness (QED) is 0.235. The third-order valence-electron chi connectivity index (χ3n) is 4.12. The lowest BCUT2D eigenvalue weighted by Crippen LogP contribution is -2.40. The van der Waals surface area contributed by atoms with Gasteiger partial charge in [-0.25, -0.2) is 0 Å². The molecule has 0 bridgehead atoms. The monoisotopic (exact) mass is 449 g/mol. The maximum Gasteiger partial charge on any atom is 0.310 e. The number of methoxy groups -OCH3 is 1. The number of carbonyl (C=O) groups is 1. The fraction of sp³-hybridized carbons (Fsp3) is 0.688. The average Bonchev–Trinajstić information content (AvgIpc) is 3.19. The molecule has 136 valence electrons. The van der Waals surface area contributed by atoms with E-state index < -0.39 is 0 Å². The summed E-state index contributed by atoms with van der Waals surface area (Å²) in [6.07, 6.45) is 4.67. The van der Waals surface area contributed by atoms with Gasteiger partial charge < -0.3 is 15.0 Å². The van der Waals surface area contributed by atoms with Gasteiger partial charge in [0.1, 0.15) is 0 Å². The van der Waals surface area contributed by atoms with Gasteiger partial charge in [0.05, 0.1) is 13.0 Å². The third kappa shape index (κ3) is 5.64. The number of nitrogens with zero attached hydrogens (tertiary/aromatic N) is 4. The molecule has 0 radical (unpaired) electrons. The Bertz CT molecular complexity index is 521. The second-order valence-electron chi connectivity index (χ2n) is 5.87. The van der Waals surface area contributed by atoms with Crippen LogP contribution in [-0.2, 0) is 16.1 Å². The second-order valence-corrected chi connectivity index (χ2v) is 5.87. The first-order chi connectivity index (χ1) is 11.2. The molecule has 24 heavy (non-hydrogen) atoms. The van der Waals surface area contributed by atoms with Gasteiger partial charge in [0.2, 0.25) is 0 Å². The third-order valence-corrected chi connectivity index (χ3v) is 4.12. The largest absolute Gasteiger partial charge is 0.469 e. The summed E-state index contributed by atoms with van der Waals surface area (Å²) in [5.41, 5.74) is 0. The molecule has 1 fully saturated rings. The van der Waals surface area contributed by atoms with Crippen molar-refractivity contribution in [1.29, 1.82) is 0 Å². The molecule has 0 aliphatic carbocycles. The van der Waals surface area contributed by atoms with E-state index in [1.165, 1.54) is 7.11 Å². The standard InChI is InChI=1S/C16H27N5O2.HI/c1-4-17-16(18-7-5-9-21-10-6-8-19-21)20-11-13(2)14(12-20)15(22)23-3;/h6,8,10,13-14H,4-5,7,9,11-12H2,1-3H3,(H,17,18);1H. The molecule has 0 aromatic carbocycles.